The molecule has 0 bridgehead atoms. The molecule has 4 heteroatoms. The van der Waals surface area contributed by atoms with Crippen molar-refractivity contribution in [2.24, 2.45) is 0 Å². The minimum Gasteiger partial charge on any atom is -0.388 e. The molecule has 1 aliphatic rings. The monoisotopic (exact) mass is 274 g/mol. The number of nitrogens with zero attached hydrogens (tertiary/aromatic N) is 2. The quantitative estimate of drug-likeness (QED) is 0.855. The first-order valence-electron chi connectivity index (χ1n) is 6.49. The zero-order valence-electron chi connectivity index (χ0n) is 10.5. The zero-order chi connectivity index (χ0) is 13.2. The Labute approximate surface area is 117 Å². The predicted molar refractivity (Wildman–Crippen MR) is 74.1 cm³/mol. The van der Waals surface area contributed by atoms with E-state index in [1.54, 1.807) is 18.5 Å². The first-order valence-corrected chi connectivity index (χ1v) is 6.87. The van der Waals surface area contributed by atoms with Crippen molar-refractivity contribution in [3.63, 3.8) is 0 Å². The molecule has 2 unspecified atom stereocenters. The van der Waals surface area contributed by atoms with Crippen molar-refractivity contribution < 1.29 is 5.11 Å². The van der Waals surface area contributed by atoms with Gasteiger partial charge in [-0.1, -0.05) is 17.7 Å². The first-order chi connectivity index (χ1) is 9.25. The number of fused-ring (bicyclic) bond motifs is 1. The molecule has 2 aromatic heterocycles. The molecule has 0 spiro atoms. The van der Waals surface area contributed by atoms with Gasteiger partial charge in [0.1, 0.15) is 5.15 Å². The molecule has 0 saturated heterocycles. The summed E-state index contributed by atoms with van der Waals surface area (Å²) in [5, 5.41) is 11.0. The Morgan fingerprint density at radius 2 is 2.16 bits per heavy atom. The Kier molecular flexibility index (Phi) is 3.49. The summed E-state index contributed by atoms with van der Waals surface area (Å²) in [6.45, 7) is 0. The van der Waals surface area contributed by atoms with Crippen molar-refractivity contribution in [2.75, 3.05) is 0 Å². The highest BCUT2D eigenvalue weighted by Gasteiger charge is 2.28. The van der Waals surface area contributed by atoms with E-state index in [1.165, 1.54) is 5.56 Å². The zero-order valence-corrected chi connectivity index (χ0v) is 11.2. The van der Waals surface area contributed by atoms with Crippen molar-refractivity contribution >= 4 is 11.6 Å². The third-order valence-corrected chi connectivity index (χ3v) is 3.92. The fourth-order valence-corrected chi connectivity index (χ4v) is 2.97. The van der Waals surface area contributed by atoms with E-state index >= 15 is 0 Å². The number of halogens is 1. The maximum atomic E-state index is 10.6. The van der Waals surface area contributed by atoms with Crippen LogP contribution < -0.4 is 0 Å². The molecular formula is C15H15ClN2O. The van der Waals surface area contributed by atoms with Crippen LogP contribution in [0.25, 0.3) is 0 Å². The number of hydrogen-bond donors (Lipinski definition) is 1. The predicted octanol–water partition coefficient (Wildman–Crippen LogP) is 3.28. The average molecular weight is 275 g/mol. The van der Waals surface area contributed by atoms with E-state index in [0.29, 0.717) is 5.15 Å². The van der Waals surface area contributed by atoms with E-state index in [0.717, 1.165) is 30.5 Å². The molecule has 0 saturated carbocycles. The third kappa shape index (κ3) is 2.48. The standard InChI is InChI=1S/C15H15ClN2O/c16-13-9-11(6-8-17-13)15(19)12-5-1-3-10-4-2-7-18-14(10)12/h2,4,6-9,12,15,19H,1,3,5H2. The fraction of sp³-hybridized carbons (Fsp3) is 0.333. The molecule has 2 heterocycles. The third-order valence-electron chi connectivity index (χ3n) is 3.71. The minimum atomic E-state index is -0.575. The molecule has 1 N–H and O–H groups in total. The van der Waals surface area contributed by atoms with Crippen molar-refractivity contribution in [1.29, 1.82) is 0 Å². The second-order valence-corrected chi connectivity index (χ2v) is 5.29. The summed E-state index contributed by atoms with van der Waals surface area (Å²) < 4.78 is 0. The highest BCUT2D eigenvalue weighted by atomic mass is 35.5. The number of hydrogen-bond acceptors (Lipinski definition) is 3. The maximum Gasteiger partial charge on any atom is 0.129 e. The van der Waals surface area contributed by atoms with Gasteiger partial charge in [-0.3, -0.25) is 4.98 Å². The molecule has 1 aliphatic carbocycles. The molecule has 2 aromatic rings. The molecule has 3 nitrogen and oxygen atoms in total. The average Bonchev–Trinajstić information content (AvgIpc) is 2.46. The topological polar surface area (TPSA) is 46.0 Å². The summed E-state index contributed by atoms with van der Waals surface area (Å²) in [4.78, 5) is 8.41. The van der Waals surface area contributed by atoms with Crippen molar-refractivity contribution in [2.45, 2.75) is 31.3 Å². The highest BCUT2D eigenvalue weighted by molar-refractivity contribution is 6.29. The molecule has 98 valence electrons. The van der Waals surface area contributed by atoms with Crippen LogP contribution in [0.4, 0.5) is 0 Å². The lowest BCUT2D eigenvalue weighted by Crippen LogP contribution is -2.18. The minimum absolute atomic E-state index is 0.0448. The van der Waals surface area contributed by atoms with Gasteiger partial charge >= 0.3 is 0 Å². The van der Waals surface area contributed by atoms with Crippen LogP contribution in [0.15, 0.2) is 36.7 Å². The van der Waals surface area contributed by atoms with Gasteiger partial charge in [0, 0.05) is 24.0 Å². The summed E-state index contributed by atoms with van der Waals surface area (Å²) in [5.74, 6) is 0.0448. The van der Waals surface area contributed by atoms with Crippen LogP contribution in [0, 0.1) is 0 Å². The molecule has 0 amide bonds. The Morgan fingerprint density at radius 1 is 1.26 bits per heavy atom. The summed E-state index contributed by atoms with van der Waals surface area (Å²) in [7, 11) is 0. The number of aliphatic hydroxyl groups is 1. The summed E-state index contributed by atoms with van der Waals surface area (Å²) >= 11 is 5.89. The van der Waals surface area contributed by atoms with E-state index in [9.17, 15) is 5.11 Å². The molecule has 19 heavy (non-hydrogen) atoms. The summed E-state index contributed by atoms with van der Waals surface area (Å²) in [6.07, 6.45) is 5.93. The van der Waals surface area contributed by atoms with Crippen LogP contribution in [0.5, 0.6) is 0 Å². The lowest BCUT2D eigenvalue weighted by Gasteiger charge is -2.28. The van der Waals surface area contributed by atoms with Crippen molar-refractivity contribution in [1.82, 2.24) is 9.97 Å². The molecule has 0 radical (unpaired) electrons. The lowest BCUT2D eigenvalue weighted by atomic mass is 9.81. The summed E-state index contributed by atoms with van der Waals surface area (Å²) in [5.41, 5.74) is 3.08. The smallest absolute Gasteiger partial charge is 0.129 e. The van der Waals surface area contributed by atoms with Gasteiger partial charge in [0.25, 0.3) is 0 Å². The van der Waals surface area contributed by atoms with Gasteiger partial charge in [0.15, 0.2) is 0 Å². The van der Waals surface area contributed by atoms with E-state index in [-0.39, 0.29) is 5.92 Å². The van der Waals surface area contributed by atoms with Gasteiger partial charge < -0.3 is 5.11 Å². The molecule has 2 atom stereocenters. The van der Waals surface area contributed by atoms with E-state index in [4.69, 9.17) is 11.6 Å². The molecular weight excluding hydrogens is 260 g/mol. The Bertz CT molecular complexity index is 588. The van der Waals surface area contributed by atoms with E-state index in [2.05, 4.69) is 16.0 Å². The maximum absolute atomic E-state index is 10.6. The second kappa shape index (κ2) is 5.27. The van der Waals surface area contributed by atoms with E-state index in [1.807, 2.05) is 12.1 Å². The van der Waals surface area contributed by atoms with Crippen LogP contribution in [-0.4, -0.2) is 15.1 Å². The number of aliphatic hydroxyl groups excluding tert-OH is 1. The molecule has 3 rings (SSSR count). The first kappa shape index (κ1) is 12.6. The summed E-state index contributed by atoms with van der Waals surface area (Å²) in [6, 6.07) is 7.59. The Hall–Kier alpha value is -1.45. The van der Waals surface area contributed by atoms with Crippen molar-refractivity contribution in [3.8, 4) is 0 Å². The van der Waals surface area contributed by atoms with Crippen LogP contribution in [0.3, 0.4) is 0 Å². The largest absolute Gasteiger partial charge is 0.388 e. The number of rotatable bonds is 2. The van der Waals surface area contributed by atoms with Crippen LogP contribution in [0.2, 0.25) is 5.15 Å². The molecule has 0 fully saturated rings. The van der Waals surface area contributed by atoms with Gasteiger partial charge in [0.2, 0.25) is 0 Å². The fourth-order valence-electron chi connectivity index (χ4n) is 2.79. The van der Waals surface area contributed by atoms with Crippen LogP contribution in [0.1, 0.15) is 41.7 Å². The van der Waals surface area contributed by atoms with Gasteiger partial charge in [-0.15, -0.1) is 0 Å². The normalized spacial score (nSPS) is 19.8. The SMILES string of the molecule is OC(c1ccnc(Cl)c1)C1CCCc2cccnc21. The number of pyridine rings is 2. The van der Waals surface area contributed by atoms with Crippen molar-refractivity contribution in [3.05, 3.63) is 58.6 Å². The van der Waals surface area contributed by atoms with Gasteiger partial charge in [-0.05, 0) is 48.6 Å². The number of aryl methyl sites for hydroxylation is 1. The molecule has 0 aliphatic heterocycles. The number of aromatic nitrogens is 2. The molecule has 0 aromatic carbocycles. The second-order valence-electron chi connectivity index (χ2n) is 4.90. The van der Waals surface area contributed by atoms with Gasteiger partial charge in [-0.25, -0.2) is 4.98 Å². The Balaban J connectivity index is 1.95. The van der Waals surface area contributed by atoms with Crippen LogP contribution >= 0.6 is 11.6 Å². The van der Waals surface area contributed by atoms with Gasteiger partial charge in [-0.2, -0.15) is 0 Å². The van der Waals surface area contributed by atoms with Crippen LogP contribution in [-0.2, 0) is 6.42 Å². The van der Waals surface area contributed by atoms with E-state index < -0.39 is 6.10 Å². The lowest BCUT2D eigenvalue weighted by molar-refractivity contribution is 0.134. The highest BCUT2D eigenvalue weighted by Crippen LogP contribution is 2.39. The van der Waals surface area contributed by atoms with Gasteiger partial charge in [0.05, 0.1) is 6.10 Å². The Morgan fingerprint density at radius 3 is 3.00 bits per heavy atom.